The zero-order chi connectivity index (χ0) is 41.5. The molecule has 18 atom stereocenters. The van der Waals surface area contributed by atoms with Crippen LogP contribution in [-0.2, 0) is 63.0 Å². The first-order valence-corrected chi connectivity index (χ1v) is 22.1. The van der Waals surface area contributed by atoms with Gasteiger partial charge in [0.1, 0.15) is 42.0 Å². The summed E-state index contributed by atoms with van der Waals surface area (Å²) in [5.41, 5.74) is 0.00487. The Bertz CT molecular complexity index is 1630. The van der Waals surface area contributed by atoms with Gasteiger partial charge in [0.05, 0.1) is 55.6 Å². The van der Waals surface area contributed by atoms with Crippen molar-refractivity contribution in [1.29, 1.82) is 0 Å². The lowest BCUT2D eigenvalue weighted by Gasteiger charge is -2.46. The van der Waals surface area contributed by atoms with Crippen LogP contribution >= 0.6 is 0 Å². The maximum absolute atomic E-state index is 14.1. The summed E-state index contributed by atoms with van der Waals surface area (Å²) < 4.78 is 75.0. The fourth-order valence-electron chi connectivity index (χ4n) is 9.64. The van der Waals surface area contributed by atoms with Crippen LogP contribution in [0.2, 0.25) is 0 Å². The molecule has 3 N–H and O–H groups in total. The maximum atomic E-state index is 14.1. The Morgan fingerprint density at radius 3 is 2.40 bits per heavy atom. The molecule has 5 fully saturated rings. The Hall–Kier alpha value is -1.90. The van der Waals surface area contributed by atoms with E-state index >= 15 is 0 Å². The summed E-state index contributed by atoms with van der Waals surface area (Å²) in [5, 5.41) is 33.9. The topological polar surface area (TPSA) is 187 Å². The number of aliphatic hydroxyl groups excluding tert-OH is 2. The number of carbonyl (C=O) groups is 1. The minimum Gasteiger partial charge on any atom is -0.462 e. The van der Waals surface area contributed by atoms with Crippen LogP contribution < -0.4 is 0 Å². The number of ether oxygens (including phenoxy) is 10. The van der Waals surface area contributed by atoms with Gasteiger partial charge in [-0.15, -0.1) is 0 Å². The summed E-state index contributed by atoms with van der Waals surface area (Å²) in [6, 6.07) is 0. The fourth-order valence-corrected chi connectivity index (χ4v) is 10.8. The molecule has 1 aliphatic carbocycles. The lowest BCUT2D eigenvalue weighted by Crippen LogP contribution is -2.58. The highest BCUT2D eigenvalue weighted by Gasteiger charge is 2.60. The van der Waals surface area contributed by atoms with E-state index in [9.17, 15) is 24.3 Å². The number of hydrogen-bond acceptors (Lipinski definition) is 15. The Morgan fingerprint density at radius 2 is 1.66 bits per heavy atom. The molecule has 0 saturated carbocycles. The summed E-state index contributed by atoms with van der Waals surface area (Å²) in [7, 11) is 2.01. The monoisotopic (exact) mass is 838 g/mol. The first kappa shape index (κ1) is 44.2. The molecule has 6 aliphatic heterocycles. The van der Waals surface area contributed by atoms with Crippen LogP contribution in [0.15, 0.2) is 47.1 Å². The largest absolute Gasteiger partial charge is 0.462 e. The normalized spacial score (nSPS) is 50.1. The van der Waals surface area contributed by atoms with Gasteiger partial charge in [-0.1, -0.05) is 37.3 Å². The van der Waals surface area contributed by atoms with Crippen molar-refractivity contribution < 1.29 is 71.7 Å². The third kappa shape index (κ3) is 9.01. The van der Waals surface area contributed by atoms with Gasteiger partial charge < -0.3 is 62.7 Å². The van der Waals surface area contributed by atoms with Crippen molar-refractivity contribution in [1.82, 2.24) is 0 Å². The molecule has 1 unspecified atom stereocenters. The van der Waals surface area contributed by atoms with Crippen molar-refractivity contribution in [3.63, 3.8) is 0 Å². The number of allylic oxidation sites excluding steroid dienone is 2. The minimum atomic E-state index is -1.86. The zero-order valence-corrected chi connectivity index (χ0v) is 35.4. The molecule has 0 aromatic carbocycles. The van der Waals surface area contributed by atoms with E-state index in [0.29, 0.717) is 42.6 Å². The van der Waals surface area contributed by atoms with Gasteiger partial charge in [0.2, 0.25) is 0 Å². The van der Waals surface area contributed by atoms with Crippen molar-refractivity contribution in [2.45, 2.75) is 158 Å². The van der Waals surface area contributed by atoms with Gasteiger partial charge in [-0.25, -0.2) is 0 Å². The van der Waals surface area contributed by atoms with Gasteiger partial charge >= 0.3 is 5.97 Å². The fraction of sp³-hybridized carbons (Fsp3) is 0.786. The van der Waals surface area contributed by atoms with E-state index < -0.39 is 114 Å². The third-order valence-electron chi connectivity index (χ3n) is 12.9. The highest BCUT2D eigenvalue weighted by molar-refractivity contribution is 7.85. The molecule has 2 bridgehead atoms. The van der Waals surface area contributed by atoms with Gasteiger partial charge in [0.15, 0.2) is 18.4 Å². The molecule has 15 nitrogen and oxygen atoms in total. The lowest BCUT2D eigenvalue weighted by atomic mass is 9.71. The van der Waals surface area contributed by atoms with E-state index in [-0.39, 0.29) is 31.3 Å². The first-order chi connectivity index (χ1) is 27.6. The number of hydrogen-bond donors (Lipinski definition) is 3. The van der Waals surface area contributed by atoms with Crippen LogP contribution in [0.4, 0.5) is 0 Å². The molecule has 58 heavy (non-hydrogen) atoms. The molecule has 1 spiro atoms. The summed E-state index contributed by atoms with van der Waals surface area (Å²) in [6.07, 6.45) is 2.82. The lowest BCUT2D eigenvalue weighted by molar-refractivity contribution is -0.318. The van der Waals surface area contributed by atoms with E-state index in [1.54, 1.807) is 40.2 Å². The SMILES string of the molecule is CO[C@H]1C[C@H](O[C@H]2[C@H](C)O[C@@H](O[C@@H]3/C(C)=C/C[C@@H]4C[C@@H](C[C@]5(CS(=O)CCO5)O4)OC(=O)[C@@H]4C=C(C)[C@@H](O)[C@H]5OC/C(=C\C=C\[C@@H]3C)[C@]54O)C[C@@H]2OC)O[C@@H](C)[C@@H]1O. The minimum absolute atomic E-state index is 0.00970. The van der Waals surface area contributed by atoms with E-state index in [1.807, 2.05) is 32.9 Å². The number of esters is 1. The average Bonchev–Trinajstić information content (AvgIpc) is 3.52. The Morgan fingerprint density at radius 1 is 0.931 bits per heavy atom. The smallest absolute Gasteiger partial charge is 0.316 e. The molecule has 0 amide bonds. The molecular weight excluding hydrogens is 777 g/mol. The predicted molar refractivity (Wildman–Crippen MR) is 209 cm³/mol. The molecule has 7 aliphatic rings. The summed E-state index contributed by atoms with van der Waals surface area (Å²) >= 11 is 0. The second kappa shape index (κ2) is 18.2. The second-order valence-corrected chi connectivity index (χ2v) is 18.6. The molecule has 6 heterocycles. The number of methoxy groups -OCH3 is 2. The molecule has 0 radical (unpaired) electrons. The second-order valence-electron chi connectivity index (χ2n) is 17.0. The number of fused-ring (bicyclic) bond motifs is 2. The Kier molecular flexibility index (Phi) is 13.9. The average molecular weight is 839 g/mol. The molecule has 0 aromatic heterocycles. The van der Waals surface area contributed by atoms with E-state index in [0.717, 1.165) is 5.57 Å². The molecule has 326 valence electrons. The van der Waals surface area contributed by atoms with Gasteiger partial charge in [0.25, 0.3) is 0 Å². The van der Waals surface area contributed by atoms with Crippen LogP contribution in [0, 0.1) is 11.8 Å². The van der Waals surface area contributed by atoms with E-state index in [4.69, 9.17) is 47.4 Å². The number of rotatable bonds is 6. The summed E-state index contributed by atoms with van der Waals surface area (Å²) in [6.45, 7) is 9.68. The van der Waals surface area contributed by atoms with Crippen molar-refractivity contribution in [3.05, 3.63) is 47.1 Å². The van der Waals surface area contributed by atoms with Gasteiger partial charge in [-0.05, 0) is 50.8 Å². The van der Waals surface area contributed by atoms with Gasteiger partial charge in [0, 0.05) is 62.4 Å². The highest BCUT2D eigenvalue weighted by atomic mass is 32.2. The van der Waals surface area contributed by atoms with Crippen LogP contribution in [0.3, 0.4) is 0 Å². The maximum Gasteiger partial charge on any atom is 0.316 e. The van der Waals surface area contributed by atoms with Crippen molar-refractivity contribution in [3.8, 4) is 0 Å². The number of aliphatic hydroxyl groups is 3. The van der Waals surface area contributed by atoms with Crippen LogP contribution in [0.5, 0.6) is 0 Å². The van der Waals surface area contributed by atoms with Gasteiger partial charge in [-0.2, -0.15) is 0 Å². The molecule has 0 aromatic rings. The molecule has 5 saturated heterocycles. The Balaban J connectivity index is 1.16. The quantitative estimate of drug-likeness (QED) is 0.262. The highest BCUT2D eigenvalue weighted by Crippen LogP contribution is 2.46. The predicted octanol–water partition coefficient (Wildman–Crippen LogP) is 2.52. The van der Waals surface area contributed by atoms with E-state index in [1.165, 1.54) is 0 Å². The zero-order valence-electron chi connectivity index (χ0n) is 34.6. The number of carbonyl (C=O) groups excluding carboxylic acids is 1. The van der Waals surface area contributed by atoms with Crippen molar-refractivity contribution in [2.24, 2.45) is 11.8 Å². The Labute approximate surface area is 343 Å². The first-order valence-electron chi connectivity index (χ1n) is 20.6. The van der Waals surface area contributed by atoms with Crippen LogP contribution in [0.1, 0.15) is 66.7 Å². The van der Waals surface area contributed by atoms with E-state index in [2.05, 4.69) is 6.08 Å². The van der Waals surface area contributed by atoms with Crippen LogP contribution in [-0.4, -0.2) is 156 Å². The third-order valence-corrected chi connectivity index (χ3v) is 14.3. The molecule has 16 heteroatoms. The standard InChI is InChI=1S/C42H62O15S/c1-22-9-8-10-27-20-50-39-35(43)24(3)15-30(42(27,39)46)40(45)54-29-16-28(57-41(19-29)21-58(47)14-13-51-41)12-11-23(2)37(22)55-34-18-32(49-7)38(26(5)53-34)56-33-17-31(48-6)36(44)25(4)52-33/h8-11,15,22,25-26,28-39,43-44,46H,12-14,16-21H2,1-7H3/b9-8+,23-11+,27-10+/t22-,25-,26-,28+,29-,30-,31-,32-,33-,34-,35+,36-,37-,38-,39+,41+,42+,58?/m0/s1. The van der Waals surface area contributed by atoms with Crippen molar-refractivity contribution in [2.75, 3.05) is 38.9 Å². The molecule has 7 rings (SSSR count). The van der Waals surface area contributed by atoms with Gasteiger partial charge in [-0.3, -0.25) is 9.00 Å². The summed E-state index contributed by atoms with van der Waals surface area (Å²) in [5.74, 6) is -2.65. The summed E-state index contributed by atoms with van der Waals surface area (Å²) in [4.78, 5) is 14.1. The molecular formula is C42H62O15S. The van der Waals surface area contributed by atoms with Crippen molar-refractivity contribution >= 4 is 16.8 Å². The van der Waals surface area contributed by atoms with Crippen LogP contribution in [0.25, 0.3) is 0 Å².